The summed E-state index contributed by atoms with van der Waals surface area (Å²) in [6.45, 7) is 0.551. The molecule has 1 amide bonds. The Morgan fingerprint density at radius 1 is 1.29 bits per heavy atom. The number of carbonyl (C=O) groups is 1. The van der Waals surface area contributed by atoms with Crippen molar-refractivity contribution in [3.05, 3.63) is 59.7 Å². The molecule has 4 aromatic rings. The number of nitrogens with one attached hydrogen (secondary N) is 1. The summed E-state index contributed by atoms with van der Waals surface area (Å²) in [5.41, 5.74) is 2.72. The van der Waals surface area contributed by atoms with Crippen LogP contribution in [0.15, 0.2) is 54.2 Å². The summed E-state index contributed by atoms with van der Waals surface area (Å²) >= 11 is 1.56. The van der Waals surface area contributed by atoms with Gasteiger partial charge in [-0.2, -0.15) is 0 Å². The number of pyridine rings is 1. The van der Waals surface area contributed by atoms with E-state index < -0.39 is 5.60 Å². The van der Waals surface area contributed by atoms with Crippen LogP contribution in [-0.2, 0) is 10.4 Å². The van der Waals surface area contributed by atoms with Gasteiger partial charge in [-0.25, -0.2) is 9.97 Å². The third-order valence-corrected chi connectivity index (χ3v) is 6.21. The lowest BCUT2D eigenvalue weighted by atomic mass is 9.90. The Kier molecular flexibility index (Phi) is 3.82. The third-order valence-electron chi connectivity index (χ3n) is 5.33. The summed E-state index contributed by atoms with van der Waals surface area (Å²) in [4.78, 5) is 26.3. The van der Waals surface area contributed by atoms with Crippen LogP contribution in [0.5, 0.6) is 0 Å². The van der Waals surface area contributed by atoms with Gasteiger partial charge in [-0.1, -0.05) is 18.2 Å². The molecular formula is C21H18N4O2S. The molecule has 1 aliphatic heterocycles. The van der Waals surface area contributed by atoms with E-state index in [4.69, 9.17) is 4.98 Å². The van der Waals surface area contributed by atoms with Crippen molar-refractivity contribution in [1.82, 2.24) is 19.9 Å². The number of rotatable bonds is 3. The molecule has 1 fully saturated rings. The number of hydrogen-bond acceptors (Lipinski definition) is 5. The van der Waals surface area contributed by atoms with Gasteiger partial charge in [-0.3, -0.25) is 4.79 Å². The molecule has 4 heterocycles. The average molecular weight is 390 g/mol. The highest BCUT2D eigenvalue weighted by Gasteiger charge is 2.45. The number of fused-ring (bicyclic) bond motifs is 1. The van der Waals surface area contributed by atoms with Crippen LogP contribution in [0, 0.1) is 0 Å². The first-order valence-electron chi connectivity index (χ1n) is 9.03. The van der Waals surface area contributed by atoms with Crippen molar-refractivity contribution >= 4 is 28.3 Å². The zero-order valence-electron chi connectivity index (χ0n) is 15.2. The highest BCUT2D eigenvalue weighted by molar-refractivity contribution is 7.13. The van der Waals surface area contributed by atoms with Crippen LogP contribution in [0.3, 0.4) is 0 Å². The van der Waals surface area contributed by atoms with E-state index in [2.05, 4.69) is 9.97 Å². The molecule has 0 aliphatic carbocycles. The number of amides is 1. The molecule has 140 valence electrons. The van der Waals surface area contributed by atoms with E-state index in [0.717, 1.165) is 32.9 Å². The molecule has 0 unspecified atom stereocenters. The summed E-state index contributed by atoms with van der Waals surface area (Å²) < 4.78 is 0. The van der Waals surface area contributed by atoms with Crippen LogP contribution in [0.25, 0.3) is 32.9 Å². The van der Waals surface area contributed by atoms with Crippen LogP contribution in [-0.4, -0.2) is 44.5 Å². The van der Waals surface area contributed by atoms with Gasteiger partial charge in [0.2, 0.25) is 0 Å². The average Bonchev–Trinajstić information content (AvgIpc) is 3.43. The van der Waals surface area contributed by atoms with Gasteiger partial charge in [0.05, 0.1) is 5.69 Å². The number of aliphatic hydroxyl groups is 1. The van der Waals surface area contributed by atoms with Crippen molar-refractivity contribution in [3.63, 3.8) is 0 Å². The van der Waals surface area contributed by atoms with E-state index in [1.807, 2.05) is 41.9 Å². The minimum atomic E-state index is -1.45. The molecule has 6 nitrogen and oxygen atoms in total. The summed E-state index contributed by atoms with van der Waals surface area (Å²) in [7, 11) is 1.72. The number of carbonyl (C=O) groups excluding carboxylic acids is 1. The van der Waals surface area contributed by atoms with E-state index in [9.17, 15) is 9.90 Å². The number of likely N-dealkylation sites (N-methyl/N-ethyl adjacent to an activating group) is 1. The van der Waals surface area contributed by atoms with E-state index in [1.54, 1.807) is 35.5 Å². The van der Waals surface area contributed by atoms with Gasteiger partial charge < -0.3 is 15.0 Å². The predicted octanol–water partition coefficient (Wildman–Crippen LogP) is 3.40. The molecule has 2 N–H and O–H groups in total. The lowest BCUT2D eigenvalue weighted by Gasteiger charge is -2.21. The molecular weight excluding hydrogens is 372 g/mol. The SMILES string of the molecule is CN1CC[C@@](O)(c2cccc(-c3csc(-c4c[nH]c5ncccc45)n3)c2)C1=O. The fourth-order valence-corrected chi connectivity index (χ4v) is 4.58. The fourth-order valence-electron chi connectivity index (χ4n) is 3.72. The van der Waals surface area contributed by atoms with Gasteiger partial charge in [-0.05, 0) is 23.8 Å². The van der Waals surface area contributed by atoms with Crippen molar-refractivity contribution in [2.45, 2.75) is 12.0 Å². The molecule has 1 atom stereocenters. The van der Waals surface area contributed by atoms with Crippen LogP contribution in [0.4, 0.5) is 0 Å². The normalized spacial score (nSPS) is 19.6. The quantitative estimate of drug-likeness (QED) is 0.562. The maximum Gasteiger partial charge on any atom is 0.258 e. The molecule has 1 saturated heterocycles. The number of aromatic nitrogens is 3. The molecule has 28 heavy (non-hydrogen) atoms. The molecule has 5 rings (SSSR count). The van der Waals surface area contributed by atoms with E-state index in [0.29, 0.717) is 18.5 Å². The van der Waals surface area contributed by atoms with Crippen LogP contribution in [0.1, 0.15) is 12.0 Å². The molecule has 7 heteroatoms. The molecule has 1 aromatic carbocycles. The highest BCUT2D eigenvalue weighted by Crippen LogP contribution is 2.36. The molecule has 3 aromatic heterocycles. The first-order chi connectivity index (χ1) is 13.6. The second-order valence-electron chi connectivity index (χ2n) is 7.06. The highest BCUT2D eigenvalue weighted by atomic mass is 32.1. The molecule has 1 aliphatic rings. The lowest BCUT2D eigenvalue weighted by molar-refractivity contribution is -0.143. The summed E-state index contributed by atoms with van der Waals surface area (Å²) in [5, 5.41) is 14.9. The van der Waals surface area contributed by atoms with Crippen molar-refractivity contribution in [3.8, 4) is 21.8 Å². The fraction of sp³-hybridized carbons (Fsp3) is 0.190. The largest absolute Gasteiger partial charge is 0.375 e. The zero-order chi connectivity index (χ0) is 19.3. The minimum absolute atomic E-state index is 0.255. The zero-order valence-corrected chi connectivity index (χ0v) is 16.0. The van der Waals surface area contributed by atoms with Gasteiger partial charge in [0.15, 0.2) is 5.60 Å². The lowest BCUT2D eigenvalue weighted by Crippen LogP contribution is -2.36. The maximum atomic E-state index is 12.4. The first-order valence-corrected chi connectivity index (χ1v) is 9.91. The van der Waals surface area contributed by atoms with Gasteiger partial charge in [0, 0.05) is 54.3 Å². The van der Waals surface area contributed by atoms with Crippen molar-refractivity contribution in [2.75, 3.05) is 13.6 Å². The van der Waals surface area contributed by atoms with Crippen molar-refractivity contribution in [2.24, 2.45) is 0 Å². The van der Waals surface area contributed by atoms with Crippen LogP contribution < -0.4 is 0 Å². The maximum absolute atomic E-state index is 12.4. The van der Waals surface area contributed by atoms with Gasteiger partial charge in [0.1, 0.15) is 10.7 Å². The molecule has 0 radical (unpaired) electrons. The van der Waals surface area contributed by atoms with E-state index >= 15 is 0 Å². The summed E-state index contributed by atoms with van der Waals surface area (Å²) in [5.74, 6) is -0.255. The van der Waals surface area contributed by atoms with E-state index in [-0.39, 0.29) is 5.91 Å². The Bertz CT molecular complexity index is 1200. The number of aromatic amines is 1. The monoisotopic (exact) mass is 390 g/mol. The summed E-state index contributed by atoms with van der Waals surface area (Å²) in [6, 6.07) is 11.4. The topological polar surface area (TPSA) is 82.1 Å². The van der Waals surface area contributed by atoms with Crippen LogP contribution >= 0.6 is 11.3 Å². The first kappa shape index (κ1) is 17.1. The standard InChI is InChI=1S/C21H18N4O2S/c1-25-9-7-21(27,20(25)26)14-5-2-4-13(10-14)17-12-28-19(24-17)16-11-23-18-15(16)6-3-8-22-18/h2-6,8,10-12,27H,7,9H2,1H3,(H,22,23)/t21-/m1/s1. The smallest absolute Gasteiger partial charge is 0.258 e. The number of H-pyrrole nitrogens is 1. The minimum Gasteiger partial charge on any atom is -0.375 e. The Labute approximate surface area is 165 Å². The third kappa shape index (κ3) is 2.55. The second kappa shape index (κ2) is 6.25. The number of likely N-dealkylation sites (tertiary alicyclic amines) is 1. The predicted molar refractivity (Wildman–Crippen MR) is 109 cm³/mol. The number of benzene rings is 1. The number of nitrogens with zero attached hydrogens (tertiary/aromatic N) is 3. The number of thiazole rings is 1. The Hall–Kier alpha value is -3.03. The van der Waals surface area contributed by atoms with Crippen LogP contribution in [0.2, 0.25) is 0 Å². The number of hydrogen-bond donors (Lipinski definition) is 2. The Morgan fingerprint density at radius 2 is 2.18 bits per heavy atom. The molecule has 0 saturated carbocycles. The molecule has 0 bridgehead atoms. The Balaban J connectivity index is 1.52. The summed E-state index contributed by atoms with van der Waals surface area (Å²) in [6.07, 6.45) is 4.08. The van der Waals surface area contributed by atoms with Crippen molar-refractivity contribution in [1.29, 1.82) is 0 Å². The van der Waals surface area contributed by atoms with Crippen molar-refractivity contribution < 1.29 is 9.90 Å². The van der Waals surface area contributed by atoms with Gasteiger partial charge in [0.25, 0.3) is 5.91 Å². The van der Waals surface area contributed by atoms with Gasteiger partial charge in [-0.15, -0.1) is 11.3 Å². The molecule has 0 spiro atoms. The Morgan fingerprint density at radius 3 is 3.00 bits per heavy atom. The van der Waals surface area contributed by atoms with E-state index in [1.165, 1.54) is 0 Å². The second-order valence-corrected chi connectivity index (χ2v) is 7.92. The van der Waals surface area contributed by atoms with Gasteiger partial charge >= 0.3 is 0 Å².